The summed E-state index contributed by atoms with van der Waals surface area (Å²) in [6.45, 7) is 3.45. The molecule has 10 heteroatoms. The number of phosphoric ester groups is 1. The van der Waals surface area contributed by atoms with Gasteiger partial charge in [0.1, 0.15) is 12.7 Å². The summed E-state index contributed by atoms with van der Waals surface area (Å²) in [6, 6.07) is 0. The number of nitrogens with one attached hydrogen (secondary N) is 1. The molecule has 0 aliphatic rings. The summed E-state index contributed by atoms with van der Waals surface area (Å²) in [4.78, 5) is 33.4. The molecular formula is C31H60NO8P. The van der Waals surface area contributed by atoms with E-state index in [0.29, 0.717) is 6.42 Å². The van der Waals surface area contributed by atoms with Gasteiger partial charge in [0.15, 0.2) is 0 Å². The predicted molar refractivity (Wildman–Crippen MR) is 165 cm³/mol. The number of hydrogen-bond donors (Lipinski definition) is 3. The third-order valence-corrected chi connectivity index (χ3v) is 7.68. The van der Waals surface area contributed by atoms with Gasteiger partial charge >= 0.3 is 13.8 Å². The minimum absolute atomic E-state index is 0.0797. The molecule has 3 N–H and O–H groups in total. The molecule has 0 aromatic carbocycles. The molecule has 2 unspecified atom stereocenters. The maximum atomic E-state index is 12.0. The van der Waals surface area contributed by atoms with E-state index in [4.69, 9.17) is 13.8 Å². The van der Waals surface area contributed by atoms with Crippen molar-refractivity contribution in [3.63, 3.8) is 0 Å². The van der Waals surface area contributed by atoms with E-state index in [1.807, 2.05) is 0 Å². The molecule has 0 rings (SSSR count). The first kappa shape index (κ1) is 39.8. The van der Waals surface area contributed by atoms with Gasteiger partial charge in [-0.25, -0.2) is 4.57 Å². The second kappa shape index (κ2) is 28.9. The molecule has 0 aromatic rings. The van der Waals surface area contributed by atoms with E-state index in [1.54, 1.807) is 0 Å². The second-order valence-electron chi connectivity index (χ2n) is 10.8. The fourth-order valence-corrected chi connectivity index (χ4v) is 4.95. The summed E-state index contributed by atoms with van der Waals surface area (Å²) in [5.41, 5.74) is 0. The summed E-state index contributed by atoms with van der Waals surface area (Å²) in [7, 11) is -4.40. The quantitative estimate of drug-likeness (QED) is 0.0331. The second-order valence-corrected chi connectivity index (χ2v) is 12.2. The SMILES string of the molecule is CCCCCC/C=C\CCCCCCCC(=O)NCCOP(=O)(O)OCC(O)COC(=O)CCCCCCCCC. The summed E-state index contributed by atoms with van der Waals surface area (Å²) in [5, 5.41) is 12.5. The first-order chi connectivity index (χ1) is 19.8. The number of carbonyl (C=O) groups excluding carboxylic acids is 2. The molecule has 0 heterocycles. The van der Waals surface area contributed by atoms with Gasteiger partial charge in [0.2, 0.25) is 5.91 Å². The molecule has 41 heavy (non-hydrogen) atoms. The molecule has 0 aliphatic heterocycles. The number of allylic oxidation sites excluding steroid dienone is 2. The van der Waals surface area contributed by atoms with Crippen molar-refractivity contribution >= 4 is 19.7 Å². The maximum Gasteiger partial charge on any atom is 0.472 e. The van der Waals surface area contributed by atoms with Crippen molar-refractivity contribution in [1.29, 1.82) is 0 Å². The van der Waals surface area contributed by atoms with Crippen molar-refractivity contribution in [2.45, 2.75) is 148 Å². The van der Waals surface area contributed by atoms with E-state index < -0.39 is 26.5 Å². The van der Waals surface area contributed by atoms with Gasteiger partial charge in [-0.05, 0) is 38.5 Å². The maximum absolute atomic E-state index is 12.0. The smallest absolute Gasteiger partial charge is 0.463 e. The van der Waals surface area contributed by atoms with Crippen molar-refractivity contribution in [2.75, 3.05) is 26.4 Å². The van der Waals surface area contributed by atoms with Crippen LogP contribution in [0.25, 0.3) is 0 Å². The van der Waals surface area contributed by atoms with Crippen LogP contribution in [0.3, 0.4) is 0 Å². The Labute approximate surface area is 249 Å². The number of aliphatic hydroxyl groups is 1. The van der Waals surface area contributed by atoms with E-state index >= 15 is 0 Å². The summed E-state index contributed by atoms with van der Waals surface area (Å²) >= 11 is 0. The molecule has 0 bridgehead atoms. The van der Waals surface area contributed by atoms with Crippen molar-refractivity contribution < 1.29 is 37.9 Å². The van der Waals surface area contributed by atoms with Crippen LogP contribution in [0.15, 0.2) is 12.2 Å². The number of carbonyl (C=O) groups is 2. The predicted octanol–water partition coefficient (Wildman–Crippen LogP) is 7.54. The highest BCUT2D eigenvalue weighted by atomic mass is 31.2. The first-order valence-electron chi connectivity index (χ1n) is 16.2. The first-order valence-corrected chi connectivity index (χ1v) is 17.7. The zero-order valence-electron chi connectivity index (χ0n) is 26.0. The molecule has 0 saturated carbocycles. The number of phosphoric acid groups is 1. The number of ether oxygens (including phenoxy) is 1. The molecule has 242 valence electrons. The molecule has 0 aliphatic carbocycles. The van der Waals surface area contributed by atoms with Crippen LogP contribution in [0.4, 0.5) is 0 Å². The van der Waals surface area contributed by atoms with Gasteiger partial charge in [-0.2, -0.15) is 0 Å². The molecule has 1 amide bonds. The van der Waals surface area contributed by atoms with Crippen LogP contribution < -0.4 is 5.32 Å². The third kappa shape index (κ3) is 30.0. The fraction of sp³-hybridized carbons (Fsp3) is 0.871. The molecule has 9 nitrogen and oxygen atoms in total. The molecule has 0 spiro atoms. The van der Waals surface area contributed by atoms with E-state index in [1.165, 1.54) is 64.2 Å². The van der Waals surface area contributed by atoms with Crippen LogP contribution in [0, 0.1) is 0 Å². The monoisotopic (exact) mass is 605 g/mol. The lowest BCUT2D eigenvalue weighted by atomic mass is 10.1. The van der Waals surface area contributed by atoms with E-state index in [2.05, 4.69) is 31.3 Å². The molecule has 0 radical (unpaired) electrons. The van der Waals surface area contributed by atoms with Crippen molar-refractivity contribution in [3.05, 3.63) is 12.2 Å². The van der Waals surface area contributed by atoms with Gasteiger partial charge in [0, 0.05) is 19.4 Å². The Balaban J connectivity index is 3.66. The summed E-state index contributed by atoms with van der Waals surface area (Å²) in [5.74, 6) is -0.532. The average molecular weight is 606 g/mol. The topological polar surface area (TPSA) is 131 Å². The van der Waals surface area contributed by atoms with Crippen LogP contribution in [0.5, 0.6) is 0 Å². The Bertz CT molecular complexity index is 704. The van der Waals surface area contributed by atoms with Gasteiger partial charge in [-0.3, -0.25) is 18.6 Å². The van der Waals surface area contributed by atoms with Gasteiger partial charge in [0.05, 0.1) is 13.2 Å². The zero-order chi connectivity index (χ0) is 30.4. The highest BCUT2D eigenvalue weighted by Gasteiger charge is 2.23. The number of aliphatic hydroxyl groups excluding tert-OH is 1. The number of esters is 1. The van der Waals surface area contributed by atoms with Crippen LogP contribution in [0.2, 0.25) is 0 Å². The van der Waals surface area contributed by atoms with Gasteiger partial charge < -0.3 is 20.1 Å². The Hall–Kier alpha value is -1.25. The van der Waals surface area contributed by atoms with Gasteiger partial charge in [0.25, 0.3) is 0 Å². The lowest BCUT2D eigenvalue weighted by molar-refractivity contribution is -0.147. The number of rotatable bonds is 30. The molecule has 0 saturated heterocycles. The largest absolute Gasteiger partial charge is 0.472 e. The highest BCUT2D eigenvalue weighted by Crippen LogP contribution is 2.42. The Morgan fingerprint density at radius 1 is 0.732 bits per heavy atom. The molecule has 2 atom stereocenters. The minimum Gasteiger partial charge on any atom is -0.463 e. The number of amides is 1. The average Bonchev–Trinajstić information content (AvgIpc) is 2.95. The number of hydrogen-bond acceptors (Lipinski definition) is 7. The van der Waals surface area contributed by atoms with Gasteiger partial charge in [-0.1, -0.05) is 103 Å². The third-order valence-electron chi connectivity index (χ3n) is 6.70. The Morgan fingerprint density at radius 3 is 1.85 bits per heavy atom. The zero-order valence-corrected chi connectivity index (χ0v) is 26.9. The summed E-state index contributed by atoms with van der Waals surface area (Å²) < 4.78 is 26.5. The lowest BCUT2D eigenvalue weighted by Crippen LogP contribution is -2.27. The van der Waals surface area contributed by atoms with Crippen molar-refractivity contribution in [1.82, 2.24) is 5.32 Å². The van der Waals surface area contributed by atoms with E-state index in [-0.39, 0.29) is 32.1 Å². The highest BCUT2D eigenvalue weighted by molar-refractivity contribution is 7.47. The van der Waals surface area contributed by atoms with Crippen LogP contribution >= 0.6 is 7.82 Å². The van der Waals surface area contributed by atoms with E-state index in [9.17, 15) is 24.2 Å². The summed E-state index contributed by atoms with van der Waals surface area (Å²) in [6.07, 6.45) is 24.5. The molecular weight excluding hydrogens is 545 g/mol. The standard InChI is InChI=1S/C31H60NO8P/c1-3-5-7-9-11-12-13-14-15-16-18-19-21-23-30(34)32-25-26-39-41(36,37)40-28-29(33)27-38-31(35)24-22-20-17-10-8-6-4-2/h12-13,29,33H,3-11,14-28H2,1-2H3,(H,32,34)(H,36,37)/b13-12-. The van der Waals surface area contributed by atoms with Crippen LogP contribution in [-0.2, 0) is 27.9 Å². The Kier molecular flexibility index (Phi) is 28.0. The van der Waals surface area contributed by atoms with Crippen LogP contribution in [0.1, 0.15) is 142 Å². The fourth-order valence-electron chi connectivity index (χ4n) is 4.20. The lowest BCUT2D eigenvalue weighted by Gasteiger charge is -2.15. The van der Waals surface area contributed by atoms with Gasteiger partial charge in [-0.15, -0.1) is 0 Å². The number of unbranched alkanes of at least 4 members (excludes halogenated alkanes) is 15. The minimum atomic E-state index is -4.40. The van der Waals surface area contributed by atoms with E-state index in [0.717, 1.165) is 51.4 Å². The molecule has 0 aromatic heterocycles. The van der Waals surface area contributed by atoms with Crippen LogP contribution in [-0.4, -0.2) is 54.3 Å². The Morgan fingerprint density at radius 2 is 1.24 bits per heavy atom. The molecule has 0 fully saturated rings. The van der Waals surface area contributed by atoms with Crippen molar-refractivity contribution in [2.24, 2.45) is 0 Å². The van der Waals surface area contributed by atoms with Crippen molar-refractivity contribution in [3.8, 4) is 0 Å². The normalized spacial score (nSPS) is 13.8.